The lowest BCUT2D eigenvalue weighted by Crippen LogP contribution is -2.08. The molecule has 0 atom stereocenters. The normalized spacial score (nSPS) is 10.3. The molecule has 1 aromatic rings. The minimum absolute atomic E-state index is 0.000880. The zero-order valence-electron chi connectivity index (χ0n) is 8.45. The fourth-order valence-corrected chi connectivity index (χ4v) is 1.48. The standard InChI is InChI=1S/C10H7ClF2N2O2/c11-3-6-1-5(2-8(16)17)7(4-14)9(15-6)10(12)13/h1,10H,2-3H2,(H,16,17). The monoisotopic (exact) mass is 260 g/mol. The van der Waals surface area contributed by atoms with Crippen molar-refractivity contribution in [1.29, 1.82) is 5.26 Å². The Morgan fingerprint density at radius 2 is 2.29 bits per heavy atom. The zero-order valence-corrected chi connectivity index (χ0v) is 9.21. The van der Waals surface area contributed by atoms with Crippen LogP contribution in [0.4, 0.5) is 8.78 Å². The van der Waals surface area contributed by atoms with Gasteiger partial charge in [0.25, 0.3) is 6.43 Å². The molecule has 0 aliphatic heterocycles. The number of nitrogens with zero attached hydrogens (tertiary/aromatic N) is 2. The van der Waals surface area contributed by atoms with E-state index in [0.717, 1.165) is 0 Å². The maximum absolute atomic E-state index is 12.6. The average molecular weight is 261 g/mol. The SMILES string of the molecule is N#Cc1c(CC(=O)O)cc(CCl)nc1C(F)F. The van der Waals surface area contributed by atoms with E-state index < -0.39 is 30.1 Å². The van der Waals surface area contributed by atoms with Gasteiger partial charge in [0.2, 0.25) is 0 Å². The minimum atomic E-state index is -2.94. The Balaban J connectivity index is 3.40. The molecule has 0 aliphatic rings. The summed E-state index contributed by atoms with van der Waals surface area (Å²) in [7, 11) is 0. The van der Waals surface area contributed by atoms with Crippen molar-refractivity contribution in [2.75, 3.05) is 0 Å². The number of carboxylic acid groups (broad SMARTS) is 1. The number of carbonyl (C=O) groups is 1. The topological polar surface area (TPSA) is 74.0 Å². The van der Waals surface area contributed by atoms with Crippen molar-refractivity contribution in [2.24, 2.45) is 0 Å². The maximum atomic E-state index is 12.6. The van der Waals surface area contributed by atoms with Crippen molar-refractivity contribution in [3.63, 3.8) is 0 Å². The number of alkyl halides is 3. The van der Waals surface area contributed by atoms with Gasteiger partial charge in [-0.25, -0.2) is 13.8 Å². The van der Waals surface area contributed by atoms with Crippen molar-refractivity contribution in [1.82, 2.24) is 4.98 Å². The Morgan fingerprint density at radius 1 is 1.65 bits per heavy atom. The van der Waals surface area contributed by atoms with Gasteiger partial charge >= 0.3 is 5.97 Å². The van der Waals surface area contributed by atoms with Gasteiger partial charge in [-0.1, -0.05) is 0 Å². The van der Waals surface area contributed by atoms with Crippen molar-refractivity contribution < 1.29 is 18.7 Å². The van der Waals surface area contributed by atoms with E-state index in [4.69, 9.17) is 22.0 Å². The Morgan fingerprint density at radius 3 is 2.71 bits per heavy atom. The van der Waals surface area contributed by atoms with Crippen molar-refractivity contribution in [3.8, 4) is 6.07 Å². The first-order valence-electron chi connectivity index (χ1n) is 4.48. The summed E-state index contributed by atoms with van der Waals surface area (Å²) < 4.78 is 25.3. The molecule has 0 fully saturated rings. The summed E-state index contributed by atoms with van der Waals surface area (Å²) in [5.41, 5.74) is -0.990. The van der Waals surface area contributed by atoms with Crippen LogP contribution >= 0.6 is 11.6 Å². The summed E-state index contributed by atoms with van der Waals surface area (Å²) in [6.07, 6.45) is -3.46. The molecule has 0 aliphatic carbocycles. The summed E-state index contributed by atoms with van der Waals surface area (Å²) >= 11 is 5.47. The summed E-state index contributed by atoms with van der Waals surface area (Å²) in [4.78, 5) is 14.1. The van der Waals surface area contributed by atoms with Gasteiger partial charge in [-0.15, -0.1) is 11.6 Å². The highest BCUT2D eigenvalue weighted by atomic mass is 35.5. The number of hydrogen-bond acceptors (Lipinski definition) is 3. The van der Waals surface area contributed by atoms with Crippen molar-refractivity contribution in [3.05, 3.63) is 28.6 Å². The van der Waals surface area contributed by atoms with Gasteiger partial charge in [-0.05, 0) is 11.6 Å². The molecule has 0 saturated carbocycles. The number of aromatic nitrogens is 1. The van der Waals surface area contributed by atoms with E-state index in [1.54, 1.807) is 6.07 Å². The number of halogens is 3. The van der Waals surface area contributed by atoms with E-state index in [0.29, 0.717) is 0 Å². The Hall–Kier alpha value is -1.74. The molecule has 4 nitrogen and oxygen atoms in total. The Kier molecular flexibility index (Phi) is 4.35. The van der Waals surface area contributed by atoms with Crippen molar-refractivity contribution in [2.45, 2.75) is 18.7 Å². The first-order valence-corrected chi connectivity index (χ1v) is 5.01. The smallest absolute Gasteiger partial charge is 0.307 e. The highest BCUT2D eigenvalue weighted by Gasteiger charge is 2.20. The van der Waals surface area contributed by atoms with Crippen LogP contribution in [-0.4, -0.2) is 16.1 Å². The van der Waals surface area contributed by atoms with Gasteiger partial charge in [-0.3, -0.25) is 4.79 Å². The van der Waals surface area contributed by atoms with Crippen molar-refractivity contribution >= 4 is 17.6 Å². The molecule has 1 aromatic heterocycles. The van der Waals surface area contributed by atoms with Gasteiger partial charge in [0.15, 0.2) is 0 Å². The fourth-order valence-electron chi connectivity index (χ4n) is 1.34. The van der Waals surface area contributed by atoms with Gasteiger partial charge < -0.3 is 5.11 Å². The lowest BCUT2D eigenvalue weighted by atomic mass is 10.0. The average Bonchev–Trinajstić information content (AvgIpc) is 2.26. The predicted molar refractivity (Wildman–Crippen MR) is 54.8 cm³/mol. The number of aliphatic carboxylic acids is 1. The van der Waals surface area contributed by atoms with E-state index in [2.05, 4.69) is 4.98 Å². The maximum Gasteiger partial charge on any atom is 0.307 e. The second-order valence-electron chi connectivity index (χ2n) is 3.15. The summed E-state index contributed by atoms with van der Waals surface area (Å²) in [6, 6.07) is 2.81. The van der Waals surface area contributed by atoms with E-state index >= 15 is 0 Å². The van der Waals surface area contributed by atoms with Crippen LogP contribution < -0.4 is 0 Å². The fraction of sp³-hybridized carbons (Fsp3) is 0.300. The van der Waals surface area contributed by atoms with E-state index in [-0.39, 0.29) is 17.1 Å². The second-order valence-corrected chi connectivity index (χ2v) is 3.42. The lowest BCUT2D eigenvalue weighted by Gasteiger charge is -2.08. The molecule has 90 valence electrons. The molecule has 0 saturated heterocycles. The predicted octanol–water partition coefficient (Wildman–Crippen LogP) is 2.26. The van der Waals surface area contributed by atoms with E-state index in [9.17, 15) is 13.6 Å². The summed E-state index contributed by atoms with van der Waals surface area (Å²) in [5.74, 6) is -1.34. The Bertz CT molecular complexity index is 486. The third-order valence-electron chi connectivity index (χ3n) is 1.98. The van der Waals surface area contributed by atoms with E-state index in [1.165, 1.54) is 6.07 Å². The van der Waals surface area contributed by atoms with Crippen LogP contribution in [0.15, 0.2) is 6.07 Å². The van der Waals surface area contributed by atoms with Gasteiger partial charge in [-0.2, -0.15) is 5.26 Å². The number of hydrogen-bond donors (Lipinski definition) is 1. The quantitative estimate of drug-likeness (QED) is 0.843. The van der Waals surface area contributed by atoms with Crippen LogP contribution in [0.3, 0.4) is 0 Å². The van der Waals surface area contributed by atoms with Crippen LogP contribution in [0, 0.1) is 11.3 Å². The molecule has 1 rings (SSSR count). The third-order valence-corrected chi connectivity index (χ3v) is 2.25. The molecule has 0 aromatic carbocycles. The minimum Gasteiger partial charge on any atom is -0.481 e. The molecular weight excluding hydrogens is 254 g/mol. The molecule has 0 radical (unpaired) electrons. The molecule has 7 heteroatoms. The highest BCUT2D eigenvalue weighted by molar-refractivity contribution is 6.16. The van der Waals surface area contributed by atoms with E-state index in [1.807, 2.05) is 0 Å². The number of carboxylic acids is 1. The van der Waals surface area contributed by atoms with Crippen LogP contribution in [-0.2, 0) is 17.1 Å². The zero-order chi connectivity index (χ0) is 13.0. The number of nitriles is 1. The third kappa shape index (κ3) is 3.11. The van der Waals surface area contributed by atoms with Crippen LogP contribution in [0.25, 0.3) is 0 Å². The molecule has 0 spiro atoms. The van der Waals surface area contributed by atoms with Crippen LogP contribution in [0.1, 0.15) is 28.9 Å². The number of rotatable bonds is 4. The van der Waals surface area contributed by atoms with Gasteiger partial charge in [0.05, 0.1) is 23.6 Å². The lowest BCUT2D eigenvalue weighted by molar-refractivity contribution is -0.136. The highest BCUT2D eigenvalue weighted by Crippen LogP contribution is 2.25. The molecule has 1 heterocycles. The van der Waals surface area contributed by atoms with Crippen LogP contribution in [0.5, 0.6) is 0 Å². The van der Waals surface area contributed by atoms with Crippen LogP contribution in [0.2, 0.25) is 0 Å². The van der Waals surface area contributed by atoms with Gasteiger partial charge in [0, 0.05) is 0 Å². The molecular formula is C10H7ClF2N2O2. The largest absolute Gasteiger partial charge is 0.481 e. The summed E-state index contributed by atoms with van der Waals surface area (Å²) in [6.45, 7) is 0. The molecule has 0 unspecified atom stereocenters. The first-order chi connectivity index (χ1) is 7.99. The second kappa shape index (κ2) is 5.55. The first kappa shape index (κ1) is 13.3. The van der Waals surface area contributed by atoms with Gasteiger partial charge in [0.1, 0.15) is 11.8 Å². The Labute approximate surface area is 100 Å². The molecule has 1 N–H and O–H groups in total. The molecule has 17 heavy (non-hydrogen) atoms. The number of pyridine rings is 1. The molecule has 0 amide bonds. The summed E-state index contributed by atoms with van der Waals surface area (Å²) in [5, 5.41) is 17.4. The molecule has 0 bridgehead atoms.